The lowest BCUT2D eigenvalue weighted by molar-refractivity contribution is 0.104. The Morgan fingerprint density at radius 1 is 1.25 bits per heavy atom. The van der Waals surface area contributed by atoms with Gasteiger partial charge in [0.2, 0.25) is 0 Å². The molecule has 0 amide bonds. The fourth-order valence-corrected chi connectivity index (χ4v) is 3.39. The SMILES string of the molecule is CC(CN1CCC2(CCCC2)CC1)C(N)=S. The van der Waals surface area contributed by atoms with Gasteiger partial charge >= 0.3 is 0 Å². The van der Waals surface area contributed by atoms with Crippen LogP contribution in [0.1, 0.15) is 45.4 Å². The van der Waals surface area contributed by atoms with Crippen LogP contribution in [0.25, 0.3) is 0 Å². The number of nitrogens with two attached hydrogens (primary N) is 1. The van der Waals surface area contributed by atoms with E-state index in [0.717, 1.165) is 12.0 Å². The molecule has 0 aromatic heterocycles. The van der Waals surface area contributed by atoms with Crippen molar-refractivity contribution in [3.05, 3.63) is 0 Å². The molecule has 1 unspecified atom stereocenters. The Bertz CT molecular complexity index is 249. The zero-order valence-corrected chi connectivity index (χ0v) is 11.2. The van der Waals surface area contributed by atoms with E-state index in [0.29, 0.717) is 10.9 Å². The van der Waals surface area contributed by atoms with Gasteiger partial charge in [-0.15, -0.1) is 0 Å². The Balaban J connectivity index is 1.78. The van der Waals surface area contributed by atoms with E-state index >= 15 is 0 Å². The van der Waals surface area contributed by atoms with Crippen LogP contribution < -0.4 is 5.73 Å². The summed E-state index contributed by atoms with van der Waals surface area (Å²) >= 11 is 5.04. The van der Waals surface area contributed by atoms with E-state index in [1.807, 2.05) is 0 Å². The first-order valence-electron chi connectivity index (χ1n) is 6.63. The van der Waals surface area contributed by atoms with Gasteiger partial charge in [0, 0.05) is 12.5 Å². The number of hydrogen-bond acceptors (Lipinski definition) is 2. The summed E-state index contributed by atoms with van der Waals surface area (Å²) in [5, 5.41) is 0. The van der Waals surface area contributed by atoms with Crippen molar-refractivity contribution in [1.29, 1.82) is 0 Å². The highest BCUT2D eigenvalue weighted by atomic mass is 32.1. The summed E-state index contributed by atoms with van der Waals surface area (Å²) in [5.74, 6) is 0.368. The van der Waals surface area contributed by atoms with Crippen LogP contribution >= 0.6 is 12.2 Å². The Kier molecular flexibility index (Phi) is 3.85. The molecule has 2 aliphatic rings. The Morgan fingerprint density at radius 3 is 2.31 bits per heavy atom. The summed E-state index contributed by atoms with van der Waals surface area (Å²) in [7, 11) is 0. The van der Waals surface area contributed by atoms with E-state index < -0.39 is 0 Å². The summed E-state index contributed by atoms with van der Waals surface area (Å²) in [6.45, 7) is 5.72. The molecule has 0 aromatic rings. The maximum absolute atomic E-state index is 5.67. The van der Waals surface area contributed by atoms with Crippen LogP contribution in [-0.4, -0.2) is 29.5 Å². The Morgan fingerprint density at radius 2 is 1.81 bits per heavy atom. The molecule has 2 nitrogen and oxygen atoms in total. The molecule has 92 valence electrons. The van der Waals surface area contributed by atoms with E-state index in [2.05, 4.69) is 11.8 Å². The molecule has 0 aromatic carbocycles. The smallest absolute Gasteiger partial charge is 0.0768 e. The normalized spacial score (nSPS) is 27.1. The monoisotopic (exact) mass is 240 g/mol. The standard InChI is InChI=1S/C13H24N2S/c1-11(12(14)16)10-15-8-6-13(7-9-15)4-2-3-5-13/h11H,2-10H2,1H3,(H2,14,16). The van der Waals surface area contributed by atoms with Gasteiger partial charge < -0.3 is 10.6 Å². The Hall–Kier alpha value is -0.150. The molecule has 1 aliphatic heterocycles. The highest BCUT2D eigenvalue weighted by molar-refractivity contribution is 7.80. The third kappa shape index (κ3) is 2.75. The van der Waals surface area contributed by atoms with Crippen LogP contribution in [0.4, 0.5) is 0 Å². The fourth-order valence-electron chi connectivity index (χ4n) is 3.31. The molecular weight excluding hydrogens is 216 g/mol. The lowest BCUT2D eigenvalue weighted by Gasteiger charge is -2.40. The topological polar surface area (TPSA) is 29.3 Å². The van der Waals surface area contributed by atoms with Gasteiger partial charge in [-0.25, -0.2) is 0 Å². The van der Waals surface area contributed by atoms with Crippen molar-refractivity contribution in [2.45, 2.75) is 45.4 Å². The van der Waals surface area contributed by atoms with Crippen molar-refractivity contribution in [3.8, 4) is 0 Å². The number of hydrogen-bond donors (Lipinski definition) is 1. The molecule has 2 fully saturated rings. The zero-order valence-electron chi connectivity index (χ0n) is 10.4. The van der Waals surface area contributed by atoms with Gasteiger partial charge in [-0.05, 0) is 44.2 Å². The molecule has 0 bridgehead atoms. The molecular formula is C13H24N2S. The minimum Gasteiger partial charge on any atom is -0.393 e. The molecule has 1 aliphatic carbocycles. The first-order valence-corrected chi connectivity index (χ1v) is 7.04. The maximum Gasteiger partial charge on any atom is 0.0768 e. The van der Waals surface area contributed by atoms with Gasteiger partial charge in [0.15, 0.2) is 0 Å². The number of thiocarbonyl (C=S) groups is 1. The number of piperidine rings is 1. The maximum atomic E-state index is 5.67. The van der Waals surface area contributed by atoms with Gasteiger partial charge in [0.1, 0.15) is 0 Å². The summed E-state index contributed by atoms with van der Waals surface area (Å²) in [4.78, 5) is 3.22. The van der Waals surface area contributed by atoms with Crippen LogP contribution in [-0.2, 0) is 0 Å². The summed E-state index contributed by atoms with van der Waals surface area (Å²) < 4.78 is 0. The van der Waals surface area contributed by atoms with Crippen molar-refractivity contribution in [2.75, 3.05) is 19.6 Å². The van der Waals surface area contributed by atoms with E-state index in [1.165, 1.54) is 51.6 Å². The van der Waals surface area contributed by atoms with Crippen molar-refractivity contribution in [1.82, 2.24) is 4.90 Å². The van der Waals surface area contributed by atoms with Crippen molar-refractivity contribution in [3.63, 3.8) is 0 Å². The molecule has 3 heteroatoms. The summed E-state index contributed by atoms with van der Waals surface area (Å²) in [6.07, 6.45) is 8.68. The molecule has 2 rings (SSSR count). The first kappa shape index (κ1) is 12.3. The molecule has 0 radical (unpaired) electrons. The lowest BCUT2D eigenvalue weighted by Crippen LogP contribution is -2.42. The first-order chi connectivity index (χ1) is 7.61. The molecule has 1 saturated heterocycles. The van der Waals surface area contributed by atoms with Crippen molar-refractivity contribution < 1.29 is 0 Å². The van der Waals surface area contributed by atoms with E-state index in [1.54, 1.807) is 0 Å². The van der Waals surface area contributed by atoms with Gasteiger partial charge in [-0.2, -0.15) is 0 Å². The third-order valence-corrected chi connectivity index (χ3v) is 5.00. The second-order valence-corrected chi connectivity index (χ2v) is 6.28. The van der Waals surface area contributed by atoms with Crippen molar-refractivity contribution >= 4 is 17.2 Å². The second-order valence-electron chi connectivity index (χ2n) is 5.81. The number of nitrogens with zero attached hydrogens (tertiary/aromatic N) is 1. The van der Waals surface area contributed by atoms with Gasteiger partial charge in [-0.3, -0.25) is 0 Å². The minimum absolute atomic E-state index is 0.368. The van der Waals surface area contributed by atoms with Gasteiger partial charge in [0.25, 0.3) is 0 Å². The van der Waals surface area contributed by atoms with Crippen LogP contribution in [0.3, 0.4) is 0 Å². The quantitative estimate of drug-likeness (QED) is 0.769. The van der Waals surface area contributed by atoms with Crippen LogP contribution in [0, 0.1) is 11.3 Å². The highest BCUT2D eigenvalue weighted by Gasteiger charge is 2.36. The minimum atomic E-state index is 0.368. The van der Waals surface area contributed by atoms with Crippen LogP contribution in [0.2, 0.25) is 0 Å². The summed E-state index contributed by atoms with van der Waals surface area (Å²) in [5.41, 5.74) is 6.40. The second kappa shape index (κ2) is 5.01. The molecule has 16 heavy (non-hydrogen) atoms. The van der Waals surface area contributed by atoms with Crippen LogP contribution in [0.5, 0.6) is 0 Å². The highest BCUT2D eigenvalue weighted by Crippen LogP contribution is 2.46. The van der Waals surface area contributed by atoms with Gasteiger partial charge in [0.05, 0.1) is 4.99 Å². The lowest BCUT2D eigenvalue weighted by atomic mass is 9.77. The molecule has 1 spiro atoms. The van der Waals surface area contributed by atoms with Crippen molar-refractivity contribution in [2.24, 2.45) is 17.1 Å². The Labute approximate surface area is 105 Å². The molecule has 1 heterocycles. The average Bonchev–Trinajstić information content (AvgIpc) is 2.70. The molecule has 1 saturated carbocycles. The summed E-state index contributed by atoms with van der Waals surface area (Å²) in [6, 6.07) is 0. The van der Waals surface area contributed by atoms with E-state index in [4.69, 9.17) is 18.0 Å². The zero-order chi connectivity index (χ0) is 11.6. The number of rotatable bonds is 3. The fraction of sp³-hybridized carbons (Fsp3) is 0.923. The van der Waals surface area contributed by atoms with Crippen LogP contribution in [0.15, 0.2) is 0 Å². The van der Waals surface area contributed by atoms with E-state index in [9.17, 15) is 0 Å². The van der Waals surface area contributed by atoms with E-state index in [-0.39, 0.29) is 0 Å². The van der Waals surface area contributed by atoms with Gasteiger partial charge in [-0.1, -0.05) is 32.0 Å². The third-order valence-electron chi connectivity index (χ3n) is 4.60. The average molecular weight is 240 g/mol. The largest absolute Gasteiger partial charge is 0.393 e. The molecule has 1 atom stereocenters. The number of likely N-dealkylation sites (tertiary alicyclic amines) is 1. The predicted molar refractivity (Wildman–Crippen MR) is 72.5 cm³/mol. The molecule has 2 N–H and O–H groups in total. The predicted octanol–water partition coefficient (Wildman–Crippen LogP) is 2.56.